The second kappa shape index (κ2) is 10.6. The zero-order valence-electron chi connectivity index (χ0n) is 12.4. The number of likely N-dealkylation sites (tertiary alicyclic amines) is 1. The van der Waals surface area contributed by atoms with Crippen molar-refractivity contribution in [2.24, 2.45) is 5.92 Å². The zero-order chi connectivity index (χ0) is 13.9. The van der Waals surface area contributed by atoms with E-state index < -0.39 is 6.10 Å². The Kier molecular flexibility index (Phi) is 9.38. The van der Waals surface area contributed by atoms with E-state index in [4.69, 9.17) is 9.47 Å². The van der Waals surface area contributed by atoms with Crippen LogP contribution in [0, 0.1) is 5.92 Å². The van der Waals surface area contributed by atoms with Gasteiger partial charge in [0.2, 0.25) is 0 Å². The van der Waals surface area contributed by atoms with Crippen LogP contribution in [0.4, 0.5) is 0 Å². The molecule has 1 aliphatic rings. The molecule has 5 nitrogen and oxygen atoms in total. The lowest BCUT2D eigenvalue weighted by molar-refractivity contribution is -0.00569. The summed E-state index contributed by atoms with van der Waals surface area (Å²) in [5.74, 6) is 0.718. The van der Waals surface area contributed by atoms with E-state index in [9.17, 15) is 5.11 Å². The molecule has 2 atom stereocenters. The molecular formula is C14H30N2O3. The normalized spacial score (nSPS) is 22.6. The average Bonchev–Trinajstić information content (AvgIpc) is 2.42. The van der Waals surface area contributed by atoms with Crippen LogP contribution in [0.3, 0.4) is 0 Å². The molecule has 19 heavy (non-hydrogen) atoms. The Morgan fingerprint density at radius 2 is 2.26 bits per heavy atom. The third-order valence-electron chi connectivity index (χ3n) is 3.50. The van der Waals surface area contributed by atoms with E-state index in [0.29, 0.717) is 19.8 Å². The topological polar surface area (TPSA) is 54.0 Å². The van der Waals surface area contributed by atoms with Crippen molar-refractivity contribution < 1.29 is 14.6 Å². The molecule has 1 rings (SSSR count). The monoisotopic (exact) mass is 274 g/mol. The Morgan fingerprint density at radius 3 is 3.00 bits per heavy atom. The van der Waals surface area contributed by atoms with Crippen LogP contribution >= 0.6 is 0 Å². The Morgan fingerprint density at radius 1 is 1.42 bits per heavy atom. The summed E-state index contributed by atoms with van der Waals surface area (Å²) >= 11 is 0. The van der Waals surface area contributed by atoms with Gasteiger partial charge >= 0.3 is 0 Å². The van der Waals surface area contributed by atoms with Crippen LogP contribution in [0.15, 0.2) is 0 Å². The maximum absolute atomic E-state index is 9.94. The van der Waals surface area contributed by atoms with Crippen LogP contribution in [0.25, 0.3) is 0 Å². The van der Waals surface area contributed by atoms with E-state index in [1.54, 1.807) is 7.11 Å². The molecule has 2 N–H and O–H groups in total. The number of hydrogen-bond acceptors (Lipinski definition) is 5. The van der Waals surface area contributed by atoms with Crippen LogP contribution in [0.2, 0.25) is 0 Å². The third-order valence-corrected chi connectivity index (χ3v) is 3.50. The number of β-amino-alcohol motifs (C(OH)–C–C–N with tert-alkyl or cyclic N) is 1. The highest BCUT2D eigenvalue weighted by atomic mass is 16.5. The fraction of sp³-hybridized carbons (Fsp3) is 1.00. The maximum atomic E-state index is 9.94. The molecule has 0 radical (unpaired) electrons. The minimum Gasteiger partial charge on any atom is -0.389 e. The Balaban J connectivity index is 2.12. The van der Waals surface area contributed by atoms with Gasteiger partial charge in [-0.15, -0.1) is 0 Å². The summed E-state index contributed by atoms with van der Waals surface area (Å²) in [4.78, 5) is 2.36. The van der Waals surface area contributed by atoms with Crippen molar-refractivity contribution in [3.63, 3.8) is 0 Å². The first-order valence-electron chi connectivity index (χ1n) is 7.44. The lowest BCUT2D eigenvalue weighted by Gasteiger charge is -2.34. The van der Waals surface area contributed by atoms with Crippen LogP contribution in [-0.4, -0.2) is 75.8 Å². The minimum atomic E-state index is -0.394. The average molecular weight is 274 g/mol. The SMILES string of the molecule is CCNCC1CCCN(CC(O)COCCOC)C1. The van der Waals surface area contributed by atoms with E-state index in [1.165, 1.54) is 12.8 Å². The van der Waals surface area contributed by atoms with Gasteiger partial charge in [0.05, 0.1) is 25.9 Å². The van der Waals surface area contributed by atoms with E-state index in [0.717, 1.165) is 38.6 Å². The first-order valence-corrected chi connectivity index (χ1v) is 7.44. The lowest BCUT2D eigenvalue weighted by Crippen LogP contribution is -2.43. The molecule has 114 valence electrons. The minimum absolute atomic E-state index is 0.394. The number of aliphatic hydroxyl groups excluding tert-OH is 1. The van der Waals surface area contributed by atoms with E-state index in [-0.39, 0.29) is 0 Å². The number of piperidine rings is 1. The van der Waals surface area contributed by atoms with Crippen molar-refractivity contribution in [1.29, 1.82) is 0 Å². The molecule has 0 aromatic carbocycles. The van der Waals surface area contributed by atoms with E-state index >= 15 is 0 Å². The molecular weight excluding hydrogens is 244 g/mol. The number of rotatable bonds is 10. The molecule has 0 aromatic rings. The number of nitrogens with zero attached hydrogens (tertiary/aromatic N) is 1. The Labute approximate surface area is 117 Å². The van der Waals surface area contributed by atoms with Crippen molar-refractivity contribution in [2.45, 2.75) is 25.9 Å². The fourth-order valence-electron chi connectivity index (χ4n) is 2.54. The van der Waals surface area contributed by atoms with Gasteiger partial charge in [-0.25, -0.2) is 0 Å². The first kappa shape index (κ1) is 16.9. The van der Waals surface area contributed by atoms with Gasteiger partial charge in [0.15, 0.2) is 0 Å². The van der Waals surface area contributed by atoms with Crippen molar-refractivity contribution in [3.8, 4) is 0 Å². The van der Waals surface area contributed by atoms with Crippen molar-refractivity contribution in [2.75, 3.05) is 59.7 Å². The largest absolute Gasteiger partial charge is 0.389 e. The fourth-order valence-corrected chi connectivity index (χ4v) is 2.54. The highest BCUT2D eigenvalue weighted by Crippen LogP contribution is 2.15. The molecule has 1 heterocycles. The standard InChI is InChI=1S/C14H30N2O3/c1-3-15-9-13-5-4-6-16(10-13)11-14(17)12-19-8-7-18-2/h13-15,17H,3-12H2,1-2H3. The highest BCUT2D eigenvalue weighted by Gasteiger charge is 2.21. The number of aliphatic hydroxyl groups is 1. The van der Waals surface area contributed by atoms with Crippen molar-refractivity contribution in [1.82, 2.24) is 10.2 Å². The first-order chi connectivity index (χ1) is 9.26. The molecule has 1 saturated heterocycles. The highest BCUT2D eigenvalue weighted by molar-refractivity contribution is 4.76. The molecule has 0 saturated carbocycles. The van der Waals surface area contributed by atoms with Gasteiger partial charge < -0.3 is 24.8 Å². The Bertz CT molecular complexity index is 217. The summed E-state index contributed by atoms with van der Waals surface area (Å²) in [7, 11) is 1.65. The van der Waals surface area contributed by atoms with Crippen LogP contribution < -0.4 is 5.32 Å². The third kappa shape index (κ3) is 7.84. The van der Waals surface area contributed by atoms with E-state index in [1.807, 2.05) is 0 Å². The maximum Gasteiger partial charge on any atom is 0.0900 e. The number of hydrogen-bond donors (Lipinski definition) is 2. The van der Waals surface area contributed by atoms with Gasteiger partial charge in [-0.1, -0.05) is 6.92 Å². The molecule has 0 aliphatic carbocycles. The van der Waals surface area contributed by atoms with Gasteiger partial charge in [-0.3, -0.25) is 0 Å². The van der Waals surface area contributed by atoms with Crippen molar-refractivity contribution in [3.05, 3.63) is 0 Å². The molecule has 1 aliphatic heterocycles. The smallest absolute Gasteiger partial charge is 0.0900 e. The van der Waals surface area contributed by atoms with Crippen LogP contribution in [0.1, 0.15) is 19.8 Å². The van der Waals surface area contributed by atoms with Crippen LogP contribution in [-0.2, 0) is 9.47 Å². The van der Waals surface area contributed by atoms with Crippen molar-refractivity contribution >= 4 is 0 Å². The predicted octanol–water partition coefficient (Wildman–Crippen LogP) is 0.332. The Hall–Kier alpha value is -0.200. The summed E-state index contributed by atoms with van der Waals surface area (Å²) in [6.07, 6.45) is 2.13. The van der Waals surface area contributed by atoms with Gasteiger partial charge in [-0.05, 0) is 38.4 Å². The second-order valence-corrected chi connectivity index (χ2v) is 5.30. The summed E-state index contributed by atoms with van der Waals surface area (Å²) in [6, 6.07) is 0. The van der Waals surface area contributed by atoms with Gasteiger partial charge in [0.25, 0.3) is 0 Å². The van der Waals surface area contributed by atoms with Gasteiger partial charge in [-0.2, -0.15) is 0 Å². The summed E-state index contributed by atoms with van der Waals surface area (Å²) < 4.78 is 10.3. The number of ether oxygens (including phenoxy) is 2. The van der Waals surface area contributed by atoms with Gasteiger partial charge in [0, 0.05) is 20.2 Å². The zero-order valence-corrected chi connectivity index (χ0v) is 12.4. The second-order valence-electron chi connectivity index (χ2n) is 5.30. The molecule has 0 amide bonds. The number of nitrogens with one attached hydrogen (secondary N) is 1. The molecule has 2 unspecified atom stereocenters. The molecule has 0 bridgehead atoms. The van der Waals surface area contributed by atoms with E-state index in [2.05, 4.69) is 17.1 Å². The lowest BCUT2D eigenvalue weighted by atomic mass is 9.98. The quantitative estimate of drug-likeness (QED) is 0.562. The number of methoxy groups -OCH3 is 1. The summed E-state index contributed by atoms with van der Waals surface area (Å²) in [5.41, 5.74) is 0. The van der Waals surface area contributed by atoms with Gasteiger partial charge in [0.1, 0.15) is 0 Å². The molecule has 5 heteroatoms. The van der Waals surface area contributed by atoms with Crippen LogP contribution in [0.5, 0.6) is 0 Å². The molecule has 1 fully saturated rings. The summed E-state index contributed by atoms with van der Waals surface area (Å²) in [5, 5.41) is 13.4. The molecule has 0 aromatic heterocycles. The predicted molar refractivity (Wildman–Crippen MR) is 76.4 cm³/mol. The summed E-state index contributed by atoms with van der Waals surface area (Å²) in [6.45, 7) is 8.70. The molecule has 0 spiro atoms.